The molecule has 2 aliphatic heterocycles. The molecule has 1 aromatic carbocycles. The molecule has 8 aromatic heterocycles. The SMILES string of the molecule is Cc1cc2c(s1)-c1sc(C)cc1N1B2c2cc(C)sc2-c2sc(C)cc21.Cc1ccc(-c2sc(C)cc2Cc2cc(C)sc2-c2ccc(C)s2)s1.Clc1ccccc1Cl. The van der Waals surface area contributed by atoms with Gasteiger partial charge in [-0.2, -0.15) is 0 Å². The fourth-order valence-corrected chi connectivity index (χ4v) is 16.7. The molecule has 11 rings (SSSR count). The maximum atomic E-state index is 5.58. The quantitative estimate of drug-likeness (QED) is 0.159. The highest BCUT2D eigenvalue weighted by Crippen LogP contribution is 2.53. The summed E-state index contributed by atoms with van der Waals surface area (Å²) in [7, 11) is 0. The summed E-state index contributed by atoms with van der Waals surface area (Å²) in [6, 6.07) is 30.6. The third-order valence-electron chi connectivity index (χ3n) is 10.2. The third kappa shape index (κ3) is 8.20. The summed E-state index contributed by atoms with van der Waals surface area (Å²) in [6.45, 7) is 18.1. The Morgan fingerprint density at radius 2 is 0.780 bits per heavy atom. The molecule has 2 aliphatic rings. The van der Waals surface area contributed by atoms with Crippen molar-refractivity contribution in [2.24, 2.45) is 0 Å². The summed E-state index contributed by atoms with van der Waals surface area (Å²) >= 11 is 26.6. The number of nitrogens with zero attached hydrogens (tertiary/aromatic N) is 1. The molecular weight excluding hydrogens is 917 g/mol. The Kier molecular flexibility index (Phi) is 11.9. The second kappa shape index (κ2) is 16.9. The predicted octanol–water partition coefficient (Wildman–Crippen LogP) is 17.2. The average Bonchev–Trinajstić information content (AvgIpc) is 4.04. The lowest BCUT2D eigenvalue weighted by Crippen LogP contribution is -2.58. The van der Waals surface area contributed by atoms with E-state index in [0.29, 0.717) is 16.9 Å². The lowest BCUT2D eigenvalue weighted by atomic mass is 9.46. The van der Waals surface area contributed by atoms with Crippen LogP contribution in [0.4, 0.5) is 11.4 Å². The first-order chi connectivity index (χ1) is 28.3. The molecular formula is C47H40BCl2NS8. The van der Waals surface area contributed by atoms with Crippen LogP contribution in [0.25, 0.3) is 39.0 Å². The minimum atomic E-state index is 0.317. The first-order valence-electron chi connectivity index (χ1n) is 19.2. The van der Waals surface area contributed by atoms with E-state index in [0.717, 1.165) is 6.42 Å². The number of fused-ring (bicyclic) bond motifs is 11. The number of rotatable bonds is 4. The fraction of sp³-hybridized carbons (Fsp3) is 0.191. The zero-order valence-electron chi connectivity index (χ0n) is 33.8. The van der Waals surface area contributed by atoms with Gasteiger partial charge in [-0.1, -0.05) is 47.5 Å². The summed E-state index contributed by atoms with van der Waals surface area (Å²) in [4.78, 5) is 25.4. The summed E-state index contributed by atoms with van der Waals surface area (Å²) < 4.78 is 0. The molecule has 9 aromatic rings. The van der Waals surface area contributed by atoms with Crippen molar-refractivity contribution in [1.82, 2.24) is 0 Å². The molecule has 10 heterocycles. The minimum Gasteiger partial charge on any atom is -0.374 e. The van der Waals surface area contributed by atoms with Crippen LogP contribution in [0.2, 0.25) is 10.0 Å². The van der Waals surface area contributed by atoms with Gasteiger partial charge in [0.1, 0.15) is 0 Å². The van der Waals surface area contributed by atoms with Crippen molar-refractivity contribution < 1.29 is 0 Å². The van der Waals surface area contributed by atoms with Gasteiger partial charge in [-0.3, -0.25) is 0 Å². The summed E-state index contributed by atoms with van der Waals surface area (Å²) in [5.74, 6) is 0. The van der Waals surface area contributed by atoms with Crippen LogP contribution in [0.15, 0.2) is 84.9 Å². The van der Waals surface area contributed by atoms with Gasteiger partial charge in [0.05, 0.1) is 19.8 Å². The highest BCUT2D eigenvalue weighted by atomic mass is 35.5. The Labute approximate surface area is 390 Å². The van der Waals surface area contributed by atoms with Gasteiger partial charge in [-0.25, -0.2) is 0 Å². The van der Waals surface area contributed by atoms with Crippen LogP contribution in [0, 0.1) is 55.4 Å². The van der Waals surface area contributed by atoms with E-state index in [-0.39, 0.29) is 0 Å². The Morgan fingerprint density at radius 1 is 0.407 bits per heavy atom. The van der Waals surface area contributed by atoms with E-state index in [1.54, 1.807) is 12.1 Å². The summed E-state index contributed by atoms with van der Waals surface area (Å²) in [6.07, 6.45) is 1.02. The van der Waals surface area contributed by atoms with Gasteiger partial charge < -0.3 is 4.81 Å². The minimum absolute atomic E-state index is 0.317. The normalized spacial score (nSPS) is 12.2. The van der Waals surface area contributed by atoms with E-state index in [1.807, 2.05) is 103 Å². The smallest absolute Gasteiger partial charge is 0.331 e. The molecule has 0 fully saturated rings. The number of hydrogen-bond acceptors (Lipinski definition) is 9. The van der Waals surface area contributed by atoms with E-state index in [1.165, 1.54) is 111 Å². The van der Waals surface area contributed by atoms with Crippen LogP contribution in [0.3, 0.4) is 0 Å². The van der Waals surface area contributed by atoms with Crippen LogP contribution >= 0.6 is 114 Å². The van der Waals surface area contributed by atoms with Crippen molar-refractivity contribution in [2.75, 3.05) is 4.81 Å². The third-order valence-corrected chi connectivity index (χ3v) is 20.1. The molecule has 1 nitrogen and oxygen atoms in total. The molecule has 0 N–H and O–H groups in total. The van der Waals surface area contributed by atoms with Crippen molar-refractivity contribution in [3.05, 3.63) is 145 Å². The van der Waals surface area contributed by atoms with Crippen molar-refractivity contribution in [2.45, 2.75) is 61.8 Å². The number of halogens is 2. The molecule has 0 bridgehead atoms. The Bertz CT molecular complexity index is 2680. The van der Waals surface area contributed by atoms with Crippen molar-refractivity contribution >= 4 is 143 Å². The van der Waals surface area contributed by atoms with Gasteiger partial charge in [0.2, 0.25) is 0 Å². The molecule has 12 heteroatoms. The van der Waals surface area contributed by atoms with E-state index in [2.05, 4.69) is 121 Å². The fourth-order valence-electron chi connectivity index (χ4n) is 7.94. The van der Waals surface area contributed by atoms with Gasteiger partial charge in [0, 0.05) is 86.1 Å². The number of thiophene rings is 8. The predicted molar refractivity (Wildman–Crippen MR) is 275 cm³/mol. The Hall–Kier alpha value is -2.74. The average molecular weight is 957 g/mol. The van der Waals surface area contributed by atoms with Gasteiger partial charge in [-0.05, 0) is 138 Å². The number of benzene rings is 1. The van der Waals surface area contributed by atoms with Crippen LogP contribution in [-0.4, -0.2) is 6.85 Å². The van der Waals surface area contributed by atoms with Gasteiger partial charge in [0.15, 0.2) is 0 Å². The molecule has 0 saturated heterocycles. The first-order valence-corrected chi connectivity index (χ1v) is 26.5. The number of hydrogen-bond donors (Lipinski definition) is 0. The highest BCUT2D eigenvalue weighted by Gasteiger charge is 2.45. The van der Waals surface area contributed by atoms with Crippen LogP contribution in [0.1, 0.15) is 50.1 Å². The molecule has 0 radical (unpaired) electrons. The number of aryl methyl sites for hydroxylation is 8. The molecule has 0 unspecified atom stereocenters. The molecule has 0 amide bonds. The maximum Gasteiger partial charge on any atom is 0.331 e. The monoisotopic (exact) mass is 955 g/mol. The van der Waals surface area contributed by atoms with E-state index in [4.69, 9.17) is 23.2 Å². The Balaban J connectivity index is 0.000000129. The van der Waals surface area contributed by atoms with Gasteiger partial charge >= 0.3 is 6.85 Å². The summed E-state index contributed by atoms with van der Waals surface area (Å²) in [5.41, 5.74) is 8.74. The lowest BCUT2D eigenvalue weighted by molar-refractivity contribution is 1.23. The van der Waals surface area contributed by atoms with Crippen LogP contribution in [0.5, 0.6) is 0 Å². The van der Waals surface area contributed by atoms with Gasteiger partial charge in [-0.15, -0.1) is 90.7 Å². The highest BCUT2D eigenvalue weighted by molar-refractivity contribution is 7.27. The summed E-state index contributed by atoms with van der Waals surface area (Å²) in [5, 5.41) is 1.21. The second-order valence-electron chi connectivity index (χ2n) is 15.0. The first kappa shape index (κ1) is 41.6. The molecule has 0 spiro atoms. The molecule has 298 valence electrons. The molecule has 0 saturated carbocycles. The second-order valence-corrected chi connectivity index (χ2v) is 26.0. The van der Waals surface area contributed by atoms with E-state index < -0.39 is 0 Å². The standard InChI is InChI=1S/C21H20S4.C20H16BNS4.C6H4Cl2/c1-12-5-7-18(22-12)20-16(9-14(3)24-20)11-17-10-15(4)25-21(17)19-8-6-13(2)23-19;1-9-5-13-17(23-9)19-15(7-11(3)25-19)22-16-8-12(4)26-20(16)18-14(21(13)22)6-10(2)24-18;7-5-3-1-2-4-6(5)8/h5-10H,11H2,1-4H3;5-8H,1-4H3;1-4H. The van der Waals surface area contributed by atoms with Crippen molar-refractivity contribution in [3.8, 4) is 39.0 Å². The zero-order chi connectivity index (χ0) is 41.3. The number of anilines is 2. The topological polar surface area (TPSA) is 3.24 Å². The van der Waals surface area contributed by atoms with Crippen LogP contribution in [-0.2, 0) is 6.42 Å². The van der Waals surface area contributed by atoms with E-state index in [9.17, 15) is 0 Å². The van der Waals surface area contributed by atoms with Crippen molar-refractivity contribution in [1.29, 1.82) is 0 Å². The van der Waals surface area contributed by atoms with Crippen LogP contribution < -0.4 is 15.7 Å². The van der Waals surface area contributed by atoms with E-state index >= 15 is 0 Å². The molecule has 59 heavy (non-hydrogen) atoms. The Morgan fingerprint density at radius 3 is 1.17 bits per heavy atom. The zero-order valence-corrected chi connectivity index (χ0v) is 41.9. The lowest BCUT2D eigenvalue weighted by Gasteiger charge is -2.38. The van der Waals surface area contributed by atoms with Crippen molar-refractivity contribution in [3.63, 3.8) is 0 Å². The van der Waals surface area contributed by atoms with Gasteiger partial charge in [0.25, 0.3) is 0 Å². The molecule has 0 atom stereocenters. The largest absolute Gasteiger partial charge is 0.374 e. The maximum absolute atomic E-state index is 5.58. The molecule has 0 aliphatic carbocycles.